The van der Waals surface area contributed by atoms with Crippen LogP contribution in [0.25, 0.3) is 5.65 Å². The predicted molar refractivity (Wildman–Crippen MR) is 61.3 cm³/mol. The topological polar surface area (TPSA) is 62.5 Å². The van der Waals surface area contributed by atoms with E-state index in [1.165, 1.54) is 0 Å². The molecule has 2 heterocycles. The van der Waals surface area contributed by atoms with Crippen molar-refractivity contribution in [2.45, 2.75) is 20.0 Å². The van der Waals surface area contributed by atoms with E-state index >= 15 is 0 Å². The van der Waals surface area contributed by atoms with Gasteiger partial charge in [0, 0.05) is 18.4 Å². The highest BCUT2D eigenvalue weighted by Gasteiger charge is 2.16. The fourth-order valence-electron chi connectivity index (χ4n) is 1.94. The molecule has 1 atom stereocenters. The van der Waals surface area contributed by atoms with E-state index in [0.29, 0.717) is 12.2 Å². The lowest BCUT2D eigenvalue weighted by Gasteiger charge is -2.07. The summed E-state index contributed by atoms with van der Waals surface area (Å²) >= 11 is 0. The molecule has 0 amide bonds. The number of fused-ring (bicyclic) bond motifs is 1. The molecule has 0 aromatic carbocycles. The fourth-order valence-corrected chi connectivity index (χ4v) is 1.94. The number of rotatable bonds is 3. The number of hydrogen-bond acceptors (Lipinski definition) is 4. The number of likely N-dealkylation sites (N-methyl/N-ethyl adjacent to an activating group) is 1. The molecule has 0 aliphatic heterocycles. The number of nitrogens with one attached hydrogen (secondary N) is 1. The van der Waals surface area contributed by atoms with Gasteiger partial charge in [-0.2, -0.15) is 0 Å². The molecular weight excluding hydrogens is 204 g/mol. The highest BCUT2D eigenvalue weighted by molar-refractivity contribution is 5.43. The van der Waals surface area contributed by atoms with Crippen molar-refractivity contribution in [1.29, 1.82) is 0 Å². The summed E-state index contributed by atoms with van der Waals surface area (Å²) in [6.07, 6.45) is 1.15. The van der Waals surface area contributed by atoms with Crippen LogP contribution in [0, 0.1) is 13.8 Å². The van der Waals surface area contributed by atoms with Gasteiger partial charge in [0.1, 0.15) is 17.6 Å². The number of aliphatic hydroxyl groups excluding tert-OH is 1. The van der Waals surface area contributed by atoms with Gasteiger partial charge < -0.3 is 10.4 Å². The van der Waals surface area contributed by atoms with Gasteiger partial charge in [-0.1, -0.05) is 0 Å². The fraction of sp³-hybridized carbons (Fsp3) is 0.455. The van der Waals surface area contributed by atoms with Crippen LogP contribution in [-0.4, -0.2) is 33.1 Å². The number of aromatic nitrogens is 3. The third-order valence-corrected chi connectivity index (χ3v) is 2.69. The maximum Gasteiger partial charge on any atom is 0.140 e. The van der Waals surface area contributed by atoms with E-state index in [2.05, 4.69) is 15.3 Å². The average molecular weight is 220 g/mol. The van der Waals surface area contributed by atoms with Crippen LogP contribution in [0.3, 0.4) is 0 Å². The Bertz CT molecular complexity index is 506. The molecule has 2 rings (SSSR count). The summed E-state index contributed by atoms with van der Waals surface area (Å²) in [4.78, 5) is 8.64. The first-order chi connectivity index (χ1) is 7.65. The highest BCUT2D eigenvalue weighted by atomic mass is 16.3. The van der Waals surface area contributed by atoms with Crippen molar-refractivity contribution in [2.24, 2.45) is 0 Å². The van der Waals surface area contributed by atoms with Crippen molar-refractivity contribution >= 4 is 5.65 Å². The summed E-state index contributed by atoms with van der Waals surface area (Å²) in [5.41, 5.74) is 2.49. The van der Waals surface area contributed by atoms with Crippen LogP contribution >= 0.6 is 0 Å². The standard InChI is InChI=1S/C11H16N4O/c1-7-11(9(16)6-12-3)14-10-4-5-13-8(2)15(7)10/h4-5,9,12,16H,6H2,1-3H3. The predicted octanol–water partition coefficient (Wildman–Crippen LogP) is 0.599. The molecule has 2 aromatic heterocycles. The summed E-state index contributed by atoms with van der Waals surface area (Å²) < 4.78 is 1.95. The lowest BCUT2D eigenvalue weighted by Crippen LogP contribution is -2.17. The van der Waals surface area contributed by atoms with E-state index in [-0.39, 0.29) is 0 Å². The maximum absolute atomic E-state index is 9.93. The molecular formula is C11H16N4O. The van der Waals surface area contributed by atoms with Gasteiger partial charge in [-0.05, 0) is 27.0 Å². The minimum Gasteiger partial charge on any atom is -0.385 e. The van der Waals surface area contributed by atoms with Crippen LogP contribution in [0.1, 0.15) is 23.3 Å². The molecule has 0 aliphatic rings. The average Bonchev–Trinajstić information content (AvgIpc) is 2.58. The summed E-state index contributed by atoms with van der Waals surface area (Å²) in [7, 11) is 1.81. The van der Waals surface area contributed by atoms with Crippen LogP contribution in [0.4, 0.5) is 0 Å². The largest absolute Gasteiger partial charge is 0.385 e. The molecule has 86 valence electrons. The minimum absolute atomic E-state index is 0.497. The minimum atomic E-state index is -0.579. The van der Waals surface area contributed by atoms with E-state index in [4.69, 9.17) is 0 Å². The summed E-state index contributed by atoms with van der Waals surface area (Å²) in [6, 6.07) is 1.84. The Balaban J connectivity index is 2.56. The summed E-state index contributed by atoms with van der Waals surface area (Å²) in [5, 5.41) is 12.9. The third kappa shape index (κ3) is 1.68. The molecule has 16 heavy (non-hydrogen) atoms. The molecule has 2 N–H and O–H groups in total. The molecule has 0 saturated heterocycles. The molecule has 0 fully saturated rings. The smallest absolute Gasteiger partial charge is 0.140 e. The monoisotopic (exact) mass is 220 g/mol. The lowest BCUT2D eigenvalue weighted by atomic mass is 10.2. The SMILES string of the molecule is CNCC(O)c1nc2ccnc(C)n2c1C. The van der Waals surface area contributed by atoms with Gasteiger partial charge in [-0.3, -0.25) is 4.40 Å². The number of imidazole rings is 1. The Kier molecular flexibility index (Phi) is 2.89. The van der Waals surface area contributed by atoms with E-state index in [1.807, 2.05) is 24.3 Å². The lowest BCUT2D eigenvalue weighted by molar-refractivity contribution is 0.173. The normalized spacial score (nSPS) is 13.2. The van der Waals surface area contributed by atoms with Crippen molar-refractivity contribution in [3.05, 3.63) is 29.5 Å². The van der Waals surface area contributed by atoms with Crippen molar-refractivity contribution < 1.29 is 5.11 Å². The van der Waals surface area contributed by atoms with Crippen LogP contribution < -0.4 is 5.32 Å². The van der Waals surface area contributed by atoms with Crippen LogP contribution in [-0.2, 0) is 0 Å². The van der Waals surface area contributed by atoms with Gasteiger partial charge in [0.05, 0.1) is 5.69 Å². The Hall–Kier alpha value is -1.46. The number of nitrogens with zero attached hydrogens (tertiary/aromatic N) is 3. The van der Waals surface area contributed by atoms with Crippen LogP contribution in [0.15, 0.2) is 12.3 Å². The molecule has 0 saturated carbocycles. The Morgan fingerprint density at radius 1 is 1.50 bits per heavy atom. The van der Waals surface area contributed by atoms with Crippen molar-refractivity contribution in [3.8, 4) is 0 Å². The van der Waals surface area contributed by atoms with E-state index in [9.17, 15) is 5.11 Å². The molecule has 2 aromatic rings. The Labute approximate surface area is 94.2 Å². The summed E-state index contributed by atoms with van der Waals surface area (Å²) in [5.74, 6) is 0.880. The van der Waals surface area contributed by atoms with E-state index < -0.39 is 6.10 Å². The third-order valence-electron chi connectivity index (χ3n) is 2.69. The van der Waals surface area contributed by atoms with E-state index in [1.54, 1.807) is 13.2 Å². The van der Waals surface area contributed by atoms with Crippen molar-refractivity contribution in [2.75, 3.05) is 13.6 Å². The van der Waals surface area contributed by atoms with Gasteiger partial charge in [-0.25, -0.2) is 9.97 Å². The van der Waals surface area contributed by atoms with Crippen molar-refractivity contribution in [1.82, 2.24) is 19.7 Å². The van der Waals surface area contributed by atoms with E-state index in [0.717, 1.165) is 17.2 Å². The first-order valence-corrected chi connectivity index (χ1v) is 5.28. The van der Waals surface area contributed by atoms with Gasteiger partial charge in [0.15, 0.2) is 0 Å². The maximum atomic E-state index is 9.93. The zero-order valence-corrected chi connectivity index (χ0v) is 9.73. The first kappa shape index (κ1) is 11.0. The van der Waals surface area contributed by atoms with Gasteiger partial charge in [0.2, 0.25) is 0 Å². The van der Waals surface area contributed by atoms with Gasteiger partial charge in [-0.15, -0.1) is 0 Å². The molecule has 5 heteroatoms. The van der Waals surface area contributed by atoms with Gasteiger partial charge in [0.25, 0.3) is 0 Å². The highest BCUT2D eigenvalue weighted by Crippen LogP contribution is 2.18. The number of aryl methyl sites for hydroxylation is 2. The number of aliphatic hydroxyl groups is 1. The molecule has 5 nitrogen and oxygen atoms in total. The quantitative estimate of drug-likeness (QED) is 0.795. The molecule has 0 aliphatic carbocycles. The Morgan fingerprint density at radius 2 is 2.25 bits per heavy atom. The van der Waals surface area contributed by atoms with Gasteiger partial charge >= 0.3 is 0 Å². The van der Waals surface area contributed by atoms with Crippen LogP contribution in [0.5, 0.6) is 0 Å². The molecule has 0 spiro atoms. The zero-order chi connectivity index (χ0) is 11.7. The molecule has 1 unspecified atom stereocenters. The summed E-state index contributed by atoms with van der Waals surface area (Å²) in [6.45, 7) is 4.37. The second-order valence-electron chi connectivity index (χ2n) is 3.84. The Morgan fingerprint density at radius 3 is 2.88 bits per heavy atom. The number of hydrogen-bond donors (Lipinski definition) is 2. The molecule has 0 bridgehead atoms. The van der Waals surface area contributed by atoms with Crippen molar-refractivity contribution in [3.63, 3.8) is 0 Å². The second-order valence-corrected chi connectivity index (χ2v) is 3.84. The molecule has 0 radical (unpaired) electrons. The second kappa shape index (κ2) is 4.19. The van der Waals surface area contributed by atoms with Crippen LogP contribution in [0.2, 0.25) is 0 Å². The first-order valence-electron chi connectivity index (χ1n) is 5.28. The zero-order valence-electron chi connectivity index (χ0n) is 9.73.